The minimum Gasteiger partial charge on any atom is -0.497 e. The number of carbonyl (C=O) groups excluding carboxylic acids is 1. The highest BCUT2D eigenvalue weighted by atomic mass is 79.9. The number of urea groups is 1. The van der Waals surface area contributed by atoms with Crippen LogP contribution in [0.5, 0.6) is 5.75 Å². The fraction of sp³-hybridized carbons (Fsp3) is 0.385. The van der Waals surface area contributed by atoms with Crippen LogP contribution in [0.25, 0.3) is 0 Å². The number of likely N-dealkylation sites (N-methyl/N-ethyl adjacent to an activating group) is 1. The third-order valence-electron chi connectivity index (χ3n) is 3.08. The van der Waals surface area contributed by atoms with Gasteiger partial charge in [0.15, 0.2) is 0 Å². The van der Waals surface area contributed by atoms with E-state index in [0.29, 0.717) is 15.9 Å². The van der Waals surface area contributed by atoms with Crippen LogP contribution in [0.1, 0.15) is 13.8 Å². The van der Waals surface area contributed by atoms with Gasteiger partial charge in [0.05, 0.1) is 12.8 Å². The van der Waals surface area contributed by atoms with Crippen LogP contribution >= 0.6 is 15.9 Å². The number of benzene rings is 1. The maximum Gasteiger partial charge on any atom is 0.329 e. The van der Waals surface area contributed by atoms with Crippen LogP contribution in [0.4, 0.5) is 10.5 Å². The largest absolute Gasteiger partial charge is 0.497 e. The number of nitrogens with one attached hydrogen (secondary N) is 1. The van der Waals surface area contributed by atoms with Crippen molar-refractivity contribution >= 4 is 33.6 Å². The molecule has 0 aliphatic heterocycles. The second-order valence-corrected chi connectivity index (χ2v) is 5.55. The van der Waals surface area contributed by atoms with Crippen LogP contribution in [0.15, 0.2) is 22.7 Å². The van der Waals surface area contributed by atoms with Crippen LogP contribution in [-0.2, 0) is 4.79 Å². The Morgan fingerprint density at radius 1 is 1.40 bits per heavy atom. The van der Waals surface area contributed by atoms with E-state index in [4.69, 9.17) is 9.84 Å². The number of amides is 2. The summed E-state index contributed by atoms with van der Waals surface area (Å²) in [5.41, 5.74) is -0.808. The maximum atomic E-state index is 12.1. The average molecular weight is 345 g/mol. The van der Waals surface area contributed by atoms with Gasteiger partial charge < -0.3 is 20.1 Å². The van der Waals surface area contributed by atoms with Gasteiger partial charge >= 0.3 is 12.0 Å². The van der Waals surface area contributed by atoms with Crippen molar-refractivity contribution in [3.8, 4) is 5.75 Å². The first-order valence-corrected chi connectivity index (χ1v) is 6.61. The number of carbonyl (C=O) groups is 2. The quantitative estimate of drug-likeness (QED) is 0.880. The summed E-state index contributed by atoms with van der Waals surface area (Å²) in [6.07, 6.45) is 0. The smallest absolute Gasteiger partial charge is 0.329 e. The van der Waals surface area contributed by atoms with Gasteiger partial charge in [-0.1, -0.05) is 0 Å². The Labute approximate surface area is 125 Å². The Morgan fingerprint density at radius 3 is 2.50 bits per heavy atom. The Kier molecular flexibility index (Phi) is 4.99. The fourth-order valence-corrected chi connectivity index (χ4v) is 1.67. The number of methoxy groups -OCH3 is 1. The van der Waals surface area contributed by atoms with Crippen molar-refractivity contribution in [2.45, 2.75) is 19.4 Å². The second kappa shape index (κ2) is 6.13. The van der Waals surface area contributed by atoms with Crippen molar-refractivity contribution in [2.75, 3.05) is 19.5 Å². The predicted molar refractivity (Wildman–Crippen MR) is 79.2 cm³/mol. The lowest BCUT2D eigenvalue weighted by atomic mass is 10.1. The summed E-state index contributed by atoms with van der Waals surface area (Å²) in [6.45, 7) is 2.91. The zero-order chi connectivity index (χ0) is 15.5. The van der Waals surface area contributed by atoms with Crippen molar-refractivity contribution < 1.29 is 19.4 Å². The molecule has 0 atom stereocenters. The van der Waals surface area contributed by atoms with Crippen LogP contribution in [0, 0.1) is 0 Å². The molecule has 0 fully saturated rings. The molecule has 0 aromatic heterocycles. The Bertz CT molecular complexity index is 531. The number of aliphatic carboxylic acids is 1. The van der Waals surface area contributed by atoms with E-state index in [1.807, 2.05) is 0 Å². The molecule has 0 spiro atoms. The topological polar surface area (TPSA) is 78.9 Å². The van der Waals surface area contributed by atoms with E-state index >= 15 is 0 Å². The molecule has 0 heterocycles. The molecule has 110 valence electrons. The van der Waals surface area contributed by atoms with Gasteiger partial charge in [-0.15, -0.1) is 0 Å². The highest BCUT2D eigenvalue weighted by Crippen LogP contribution is 2.27. The second-order valence-electron chi connectivity index (χ2n) is 4.70. The van der Waals surface area contributed by atoms with Crippen LogP contribution in [0.2, 0.25) is 0 Å². The molecule has 1 aromatic carbocycles. The van der Waals surface area contributed by atoms with Crippen molar-refractivity contribution in [3.05, 3.63) is 22.7 Å². The number of hydrogen-bond acceptors (Lipinski definition) is 3. The zero-order valence-corrected chi connectivity index (χ0v) is 13.3. The molecule has 0 bridgehead atoms. The molecule has 0 saturated carbocycles. The first-order valence-electron chi connectivity index (χ1n) is 5.82. The third-order valence-corrected chi connectivity index (χ3v) is 3.77. The number of carboxylic acids is 1. The fourth-order valence-electron chi connectivity index (χ4n) is 1.32. The molecule has 20 heavy (non-hydrogen) atoms. The molecular weight excluding hydrogens is 328 g/mol. The van der Waals surface area contributed by atoms with Crippen LogP contribution < -0.4 is 10.1 Å². The van der Waals surface area contributed by atoms with Crippen molar-refractivity contribution in [2.24, 2.45) is 0 Å². The van der Waals surface area contributed by atoms with E-state index in [2.05, 4.69) is 21.2 Å². The van der Waals surface area contributed by atoms with Crippen molar-refractivity contribution in [3.63, 3.8) is 0 Å². The molecule has 2 amide bonds. The van der Waals surface area contributed by atoms with Gasteiger partial charge in [0, 0.05) is 17.6 Å². The molecule has 0 unspecified atom stereocenters. The number of halogens is 1. The number of rotatable bonds is 4. The summed E-state index contributed by atoms with van der Waals surface area (Å²) in [5.74, 6) is -0.497. The summed E-state index contributed by atoms with van der Waals surface area (Å²) in [5, 5.41) is 11.8. The highest BCUT2D eigenvalue weighted by Gasteiger charge is 2.35. The summed E-state index contributed by atoms with van der Waals surface area (Å²) < 4.78 is 5.75. The lowest BCUT2D eigenvalue weighted by molar-refractivity contribution is -0.146. The SMILES string of the molecule is COc1ccc(Br)c(NC(=O)N(C)C(C)(C)C(=O)O)c1. The number of nitrogens with zero attached hydrogens (tertiary/aromatic N) is 1. The molecule has 0 aliphatic rings. The first kappa shape index (κ1) is 16.3. The lowest BCUT2D eigenvalue weighted by Gasteiger charge is -2.31. The van der Waals surface area contributed by atoms with E-state index in [1.165, 1.54) is 28.0 Å². The maximum absolute atomic E-state index is 12.1. The lowest BCUT2D eigenvalue weighted by Crippen LogP contribution is -2.52. The number of carboxylic acid groups (broad SMARTS) is 1. The molecule has 6 nitrogen and oxygen atoms in total. The van der Waals surface area contributed by atoms with Crippen molar-refractivity contribution in [1.82, 2.24) is 4.90 Å². The summed E-state index contributed by atoms with van der Waals surface area (Å²) in [4.78, 5) is 24.4. The monoisotopic (exact) mass is 344 g/mol. The van der Waals surface area contributed by atoms with Gasteiger partial charge in [-0.3, -0.25) is 0 Å². The van der Waals surface area contributed by atoms with Gasteiger partial charge in [-0.05, 0) is 41.9 Å². The van der Waals surface area contributed by atoms with Gasteiger partial charge in [-0.25, -0.2) is 9.59 Å². The Hall–Kier alpha value is -1.76. The van der Waals surface area contributed by atoms with E-state index in [0.717, 1.165) is 4.90 Å². The normalized spacial score (nSPS) is 10.8. The average Bonchev–Trinajstić information content (AvgIpc) is 2.39. The molecule has 0 saturated heterocycles. The minimum absolute atomic E-state index is 0.502. The number of anilines is 1. The molecule has 1 aromatic rings. The van der Waals surface area contributed by atoms with E-state index < -0.39 is 17.5 Å². The molecule has 0 aliphatic carbocycles. The van der Waals surface area contributed by atoms with Crippen LogP contribution in [0.3, 0.4) is 0 Å². The molecular formula is C13H17BrN2O4. The molecule has 0 radical (unpaired) electrons. The van der Waals surface area contributed by atoms with E-state index in [-0.39, 0.29) is 0 Å². The minimum atomic E-state index is -1.31. The first-order chi connectivity index (χ1) is 9.20. The molecule has 2 N–H and O–H groups in total. The Balaban J connectivity index is 2.93. The van der Waals surface area contributed by atoms with Crippen molar-refractivity contribution in [1.29, 1.82) is 0 Å². The summed E-state index contributed by atoms with van der Waals surface area (Å²) >= 11 is 3.31. The zero-order valence-electron chi connectivity index (χ0n) is 11.7. The van der Waals surface area contributed by atoms with Gasteiger partial charge in [-0.2, -0.15) is 0 Å². The number of ether oxygens (including phenoxy) is 1. The van der Waals surface area contributed by atoms with Crippen LogP contribution in [-0.4, -0.2) is 41.7 Å². The molecule has 7 heteroatoms. The third kappa shape index (κ3) is 3.41. The summed E-state index contributed by atoms with van der Waals surface area (Å²) in [6, 6.07) is 4.59. The van der Waals surface area contributed by atoms with E-state index in [9.17, 15) is 9.59 Å². The molecule has 1 rings (SSSR count). The standard InChI is InChI=1S/C13H17BrN2O4/c1-13(2,11(17)18)16(3)12(19)15-10-7-8(20-4)5-6-9(10)14/h5-7H,1-4H3,(H,15,19)(H,17,18). The van der Waals surface area contributed by atoms with Gasteiger partial charge in [0.2, 0.25) is 0 Å². The van der Waals surface area contributed by atoms with E-state index in [1.54, 1.807) is 18.2 Å². The predicted octanol–water partition coefficient (Wildman–Crippen LogP) is 2.78. The summed E-state index contributed by atoms with van der Waals surface area (Å²) in [7, 11) is 2.95. The van der Waals surface area contributed by atoms with Gasteiger partial charge in [0.1, 0.15) is 11.3 Å². The highest BCUT2D eigenvalue weighted by molar-refractivity contribution is 9.10. The number of hydrogen-bond donors (Lipinski definition) is 2. The van der Waals surface area contributed by atoms with Gasteiger partial charge in [0.25, 0.3) is 0 Å². The Morgan fingerprint density at radius 2 is 2.00 bits per heavy atom.